The van der Waals surface area contributed by atoms with E-state index < -0.39 is 0 Å². The van der Waals surface area contributed by atoms with Gasteiger partial charge in [-0.3, -0.25) is 4.68 Å². The van der Waals surface area contributed by atoms with E-state index in [-0.39, 0.29) is 6.04 Å². The molecule has 13 heavy (non-hydrogen) atoms. The third-order valence-corrected chi connectivity index (χ3v) is 2.16. The summed E-state index contributed by atoms with van der Waals surface area (Å²) in [5, 5.41) is 4.25. The van der Waals surface area contributed by atoms with Crippen LogP contribution in [-0.2, 0) is 6.54 Å². The van der Waals surface area contributed by atoms with Crippen molar-refractivity contribution in [3.05, 3.63) is 18.0 Å². The van der Waals surface area contributed by atoms with Crippen molar-refractivity contribution in [1.29, 1.82) is 0 Å². The second kappa shape index (κ2) is 5.02. The van der Waals surface area contributed by atoms with E-state index in [0.29, 0.717) is 0 Å². The average Bonchev–Trinajstić information content (AvgIpc) is 2.54. The van der Waals surface area contributed by atoms with Gasteiger partial charge < -0.3 is 5.73 Å². The fourth-order valence-corrected chi connectivity index (χ4v) is 1.52. The van der Waals surface area contributed by atoms with Gasteiger partial charge in [-0.05, 0) is 18.9 Å². The molecule has 0 aliphatic heterocycles. The minimum atomic E-state index is 0.152. The average molecular weight is 181 g/mol. The molecular weight excluding hydrogens is 162 g/mol. The fourth-order valence-electron chi connectivity index (χ4n) is 1.52. The van der Waals surface area contributed by atoms with Gasteiger partial charge in [0.25, 0.3) is 0 Å². The summed E-state index contributed by atoms with van der Waals surface area (Å²) < 4.78 is 2.01. The van der Waals surface area contributed by atoms with Crippen molar-refractivity contribution in [2.75, 3.05) is 0 Å². The Balaban J connectivity index is 2.68. The van der Waals surface area contributed by atoms with Crippen LogP contribution in [0.2, 0.25) is 0 Å². The number of aryl methyl sites for hydroxylation is 1. The molecule has 1 atom stereocenters. The molecule has 2 N–H and O–H groups in total. The second-order valence-corrected chi connectivity index (χ2v) is 3.37. The smallest absolute Gasteiger partial charge is 0.0551 e. The molecule has 0 saturated heterocycles. The predicted molar refractivity (Wildman–Crippen MR) is 54.4 cm³/mol. The molecule has 1 heterocycles. The first-order valence-corrected chi connectivity index (χ1v) is 5.06. The number of nitrogens with zero attached hydrogens (tertiary/aromatic N) is 2. The number of hydrogen-bond acceptors (Lipinski definition) is 2. The SMILES string of the molecule is CCCC(N)c1ccnn1CCC. The van der Waals surface area contributed by atoms with Crippen molar-refractivity contribution >= 4 is 0 Å². The zero-order valence-corrected chi connectivity index (χ0v) is 8.53. The van der Waals surface area contributed by atoms with Crippen LogP contribution in [0.25, 0.3) is 0 Å². The molecular formula is C10H19N3. The Hall–Kier alpha value is -0.830. The van der Waals surface area contributed by atoms with E-state index >= 15 is 0 Å². The van der Waals surface area contributed by atoms with Crippen LogP contribution in [0.5, 0.6) is 0 Å². The summed E-state index contributed by atoms with van der Waals surface area (Å²) >= 11 is 0. The Morgan fingerprint density at radius 1 is 1.46 bits per heavy atom. The van der Waals surface area contributed by atoms with Crippen LogP contribution in [0.1, 0.15) is 44.8 Å². The van der Waals surface area contributed by atoms with Gasteiger partial charge in [0.2, 0.25) is 0 Å². The van der Waals surface area contributed by atoms with Gasteiger partial charge in [0.05, 0.1) is 5.69 Å². The number of aromatic nitrogens is 2. The lowest BCUT2D eigenvalue weighted by atomic mass is 10.1. The molecule has 74 valence electrons. The van der Waals surface area contributed by atoms with Gasteiger partial charge in [-0.25, -0.2) is 0 Å². The van der Waals surface area contributed by atoms with Gasteiger partial charge >= 0.3 is 0 Å². The Bertz CT molecular complexity index is 242. The highest BCUT2D eigenvalue weighted by Crippen LogP contribution is 2.14. The highest BCUT2D eigenvalue weighted by atomic mass is 15.3. The third-order valence-electron chi connectivity index (χ3n) is 2.16. The standard InChI is InChI=1S/C10H19N3/c1-3-5-9(11)10-6-7-12-13(10)8-4-2/h6-7,9H,3-5,8,11H2,1-2H3. The molecule has 0 radical (unpaired) electrons. The van der Waals surface area contributed by atoms with Crippen LogP contribution >= 0.6 is 0 Å². The summed E-state index contributed by atoms with van der Waals surface area (Å²) in [4.78, 5) is 0. The molecule has 0 aliphatic carbocycles. The van der Waals surface area contributed by atoms with Gasteiger partial charge in [0.1, 0.15) is 0 Å². The third kappa shape index (κ3) is 2.56. The Labute approximate surface area is 79.9 Å². The molecule has 3 heteroatoms. The van der Waals surface area contributed by atoms with Crippen molar-refractivity contribution < 1.29 is 0 Å². The lowest BCUT2D eigenvalue weighted by Crippen LogP contribution is -2.16. The molecule has 1 aromatic rings. The van der Waals surface area contributed by atoms with Gasteiger partial charge in [-0.2, -0.15) is 5.10 Å². The summed E-state index contributed by atoms with van der Waals surface area (Å²) in [6, 6.07) is 2.18. The first kappa shape index (κ1) is 10.3. The van der Waals surface area contributed by atoms with Crippen LogP contribution in [0.4, 0.5) is 0 Å². The van der Waals surface area contributed by atoms with Gasteiger partial charge in [-0.15, -0.1) is 0 Å². The lowest BCUT2D eigenvalue weighted by Gasteiger charge is -2.12. The maximum absolute atomic E-state index is 6.02. The van der Waals surface area contributed by atoms with E-state index in [1.165, 1.54) is 5.69 Å². The normalized spacial score (nSPS) is 13.2. The molecule has 0 fully saturated rings. The summed E-state index contributed by atoms with van der Waals surface area (Å²) in [7, 11) is 0. The van der Waals surface area contributed by atoms with Crippen LogP contribution in [0.15, 0.2) is 12.3 Å². The van der Waals surface area contributed by atoms with E-state index in [1.807, 2.05) is 16.9 Å². The van der Waals surface area contributed by atoms with Crippen LogP contribution in [0, 0.1) is 0 Å². The van der Waals surface area contributed by atoms with Crippen molar-refractivity contribution in [3.8, 4) is 0 Å². The Morgan fingerprint density at radius 2 is 2.23 bits per heavy atom. The highest BCUT2D eigenvalue weighted by Gasteiger charge is 2.09. The maximum atomic E-state index is 6.02. The molecule has 1 aromatic heterocycles. The lowest BCUT2D eigenvalue weighted by molar-refractivity contribution is 0.520. The molecule has 1 unspecified atom stereocenters. The van der Waals surface area contributed by atoms with E-state index in [9.17, 15) is 0 Å². The van der Waals surface area contributed by atoms with Crippen LogP contribution < -0.4 is 5.73 Å². The fraction of sp³-hybridized carbons (Fsp3) is 0.700. The number of hydrogen-bond donors (Lipinski definition) is 1. The second-order valence-electron chi connectivity index (χ2n) is 3.37. The van der Waals surface area contributed by atoms with Crippen LogP contribution in [-0.4, -0.2) is 9.78 Å². The molecule has 0 bridgehead atoms. The number of nitrogens with two attached hydrogens (primary N) is 1. The van der Waals surface area contributed by atoms with E-state index in [2.05, 4.69) is 18.9 Å². The van der Waals surface area contributed by atoms with E-state index in [4.69, 9.17) is 5.73 Å². The topological polar surface area (TPSA) is 43.8 Å². The zero-order valence-electron chi connectivity index (χ0n) is 8.53. The molecule has 1 rings (SSSR count). The molecule has 0 saturated carbocycles. The summed E-state index contributed by atoms with van der Waals surface area (Å²) in [5.41, 5.74) is 7.19. The summed E-state index contributed by atoms with van der Waals surface area (Å²) in [6.45, 7) is 5.27. The van der Waals surface area contributed by atoms with Crippen molar-refractivity contribution in [2.24, 2.45) is 5.73 Å². The number of rotatable bonds is 5. The largest absolute Gasteiger partial charge is 0.323 e. The van der Waals surface area contributed by atoms with Crippen molar-refractivity contribution in [1.82, 2.24) is 9.78 Å². The maximum Gasteiger partial charge on any atom is 0.0551 e. The highest BCUT2D eigenvalue weighted by molar-refractivity contribution is 5.05. The van der Waals surface area contributed by atoms with Gasteiger partial charge in [0.15, 0.2) is 0 Å². The minimum Gasteiger partial charge on any atom is -0.323 e. The minimum absolute atomic E-state index is 0.152. The monoisotopic (exact) mass is 181 g/mol. The summed E-state index contributed by atoms with van der Waals surface area (Å²) in [6.07, 6.45) is 5.10. The first-order chi connectivity index (χ1) is 6.29. The van der Waals surface area contributed by atoms with Crippen molar-refractivity contribution in [3.63, 3.8) is 0 Å². The zero-order chi connectivity index (χ0) is 9.68. The molecule has 3 nitrogen and oxygen atoms in total. The molecule has 0 aliphatic rings. The van der Waals surface area contributed by atoms with E-state index in [0.717, 1.165) is 25.8 Å². The quantitative estimate of drug-likeness (QED) is 0.756. The molecule has 0 amide bonds. The molecule has 0 spiro atoms. The first-order valence-electron chi connectivity index (χ1n) is 5.06. The van der Waals surface area contributed by atoms with E-state index in [1.54, 1.807) is 0 Å². The van der Waals surface area contributed by atoms with Gasteiger partial charge in [0, 0.05) is 18.8 Å². The Morgan fingerprint density at radius 3 is 2.85 bits per heavy atom. The Kier molecular flexibility index (Phi) is 3.96. The predicted octanol–water partition coefficient (Wildman–Crippen LogP) is 2.09. The summed E-state index contributed by atoms with van der Waals surface area (Å²) in [5.74, 6) is 0. The van der Waals surface area contributed by atoms with Crippen molar-refractivity contribution in [2.45, 2.75) is 45.7 Å². The van der Waals surface area contributed by atoms with Crippen LogP contribution in [0.3, 0.4) is 0 Å². The van der Waals surface area contributed by atoms with Gasteiger partial charge in [-0.1, -0.05) is 20.3 Å². The molecule has 0 aromatic carbocycles.